The summed E-state index contributed by atoms with van der Waals surface area (Å²) in [7, 11) is 0. The molecule has 0 rings (SSSR count). The van der Waals surface area contributed by atoms with Crippen molar-refractivity contribution >= 4 is 0 Å². The van der Waals surface area contributed by atoms with Gasteiger partial charge in [0.2, 0.25) is 0 Å². The first-order valence-electron chi connectivity index (χ1n) is 5.76. The first-order valence-corrected chi connectivity index (χ1v) is 5.76. The molecule has 0 atom stereocenters. The molecular weight excluding hydrogens is 178 g/mol. The maximum atomic E-state index is 8.86. The Hall–Kier alpha value is -0.120. The molecule has 0 fully saturated rings. The number of unbranched alkanes of at least 4 members (excludes halogenated alkanes) is 1. The maximum Gasteiger partial charge on any atom is 0.0593 e. The van der Waals surface area contributed by atoms with Crippen LogP contribution in [0.3, 0.4) is 0 Å². The van der Waals surface area contributed by atoms with E-state index in [4.69, 9.17) is 9.84 Å². The normalized spacial score (nSPS) is 11.1. The minimum Gasteiger partial charge on any atom is -0.395 e. The van der Waals surface area contributed by atoms with Crippen molar-refractivity contribution < 1.29 is 9.84 Å². The predicted octanol–water partition coefficient (Wildman–Crippen LogP) is 1.51. The second kappa shape index (κ2) is 11.0. The summed E-state index contributed by atoms with van der Waals surface area (Å²) in [6.45, 7) is 8.98. The van der Waals surface area contributed by atoms with E-state index in [0.29, 0.717) is 0 Å². The summed E-state index contributed by atoms with van der Waals surface area (Å²) in [5.74, 6) is 0. The Morgan fingerprint density at radius 2 is 1.79 bits per heavy atom. The third kappa shape index (κ3) is 8.48. The van der Waals surface area contributed by atoms with E-state index in [1.807, 2.05) is 0 Å². The number of hydrogen-bond acceptors (Lipinski definition) is 3. The van der Waals surface area contributed by atoms with E-state index in [9.17, 15) is 0 Å². The van der Waals surface area contributed by atoms with Crippen molar-refractivity contribution in [1.29, 1.82) is 0 Å². The highest BCUT2D eigenvalue weighted by molar-refractivity contribution is 4.56. The number of aliphatic hydroxyl groups is 1. The monoisotopic (exact) mass is 203 g/mol. The molecule has 0 amide bonds. The lowest BCUT2D eigenvalue weighted by Gasteiger charge is -2.20. The number of rotatable bonds is 10. The fourth-order valence-corrected chi connectivity index (χ4v) is 1.30. The Balaban J connectivity index is 3.40. The van der Waals surface area contributed by atoms with Crippen molar-refractivity contribution in [2.45, 2.75) is 33.1 Å². The van der Waals surface area contributed by atoms with Crippen LogP contribution in [0.15, 0.2) is 0 Å². The summed E-state index contributed by atoms with van der Waals surface area (Å²) in [5, 5.41) is 8.86. The zero-order valence-corrected chi connectivity index (χ0v) is 9.67. The standard InChI is InChI=1S/C11H25NO2/c1-3-5-6-12(7-9-13)8-11-14-10-4-2/h13H,3-11H2,1-2H3. The van der Waals surface area contributed by atoms with Gasteiger partial charge in [0, 0.05) is 19.7 Å². The highest BCUT2D eigenvalue weighted by Crippen LogP contribution is 1.94. The van der Waals surface area contributed by atoms with Gasteiger partial charge in [-0.3, -0.25) is 4.90 Å². The molecule has 0 aromatic rings. The van der Waals surface area contributed by atoms with Crippen molar-refractivity contribution in [2.75, 3.05) is 39.5 Å². The number of ether oxygens (including phenoxy) is 1. The van der Waals surface area contributed by atoms with Gasteiger partial charge in [-0.1, -0.05) is 20.3 Å². The first kappa shape index (κ1) is 13.9. The molecule has 0 aliphatic rings. The third-order valence-electron chi connectivity index (χ3n) is 2.14. The topological polar surface area (TPSA) is 32.7 Å². The van der Waals surface area contributed by atoms with Crippen LogP contribution in [-0.2, 0) is 4.74 Å². The summed E-state index contributed by atoms with van der Waals surface area (Å²) in [6, 6.07) is 0. The van der Waals surface area contributed by atoms with E-state index in [1.54, 1.807) is 0 Å². The molecule has 0 aromatic carbocycles. The van der Waals surface area contributed by atoms with Crippen LogP contribution < -0.4 is 0 Å². The summed E-state index contributed by atoms with van der Waals surface area (Å²) >= 11 is 0. The predicted molar refractivity (Wildman–Crippen MR) is 59.5 cm³/mol. The average molecular weight is 203 g/mol. The third-order valence-corrected chi connectivity index (χ3v) is 2.14. The zero-order valence-electron chi connectivity index (χ0n) is 9.67. The van der Waals surface area contributed by atoms with Crippen molar-refractivity contribution in [1.82, 2.24) is 4.90 Å². The average Bonchev–Trinajstić information content (AvgIpc) is 2.20. The molecule has 3 heteroatoms. The van der Waals surface area contributed by atoms with E-state index in [1.165, 1.54) is 12.8 Å². The van der Waals surface area contributed by atoms with Gasteiger partial charge in [-0.15, -0.1) is 0 Å². The Kier molecular flexibility index (Phi) is 10.9. The molecule has 0 heterocycles. The molecule has 0 saturated heterocycles. The number of aliphatic hydroxyl groups excluding tert-OH is 1. The molecule has 0 saturated carbocycles. The van der Waals surface area contributed by atoms with Gasteiger partial charge in [0.1, 0.15) is 0 Å². The minimum atomic E-state index is 0.248. The Morgan fingerprint density at radius 3 is 2.36 bits per heavy atom. The van der Waals surface area contributed by atoms with Crippen molar-refractivity contribution in [3.63, 3.8) is 0 Å². The lowest BCUT2D eigenvalue weighted by Crippen LogP contribution is -2.31. The molecular formula is C11H25NO2. The molecule has 0 aliphatic heterocycles. The van der Waals surface area contributed by atoms with Gasteiger partial charge in [0.25, 0.3) is 0 Å². The van der Waals surface area contributed by atoms with Crippen LogP contribution in [0, 0.1) is 0 Å². The molecule has 0 spiro atoms. The molecule has 14 heavy (non-hydrogen) atoms. The zero-order chi connectivity index (χ0) is 10.6. The lowest BCUT2D eigenvalue weighted by atomic mass is 10.3. The first-order chi connectivity index (χ1) is 6.85. The molecule has 1 N–H and O–H groups in total. The van der Waals surface area contributed by atoms with E-state index >= 15 is 0 Å². The van der Waals surface area contributed by atoms with E-state index in [0.717, 1.165) is 39.3 Å². The van der Waals surface area contributed by atoms with E-state index in [2.05, 4.69) is 18.7 Å². The molecule has 0 bridgehead atoms. The summed E-state index contributed by atoms with van der Waals surface area (Å²) < 4.78 is 5.42. The molecule has 0 radical (unpaired) electrons. The fourth-order valence-electron chi connectivity index (χ4n) is 1.30. The molecule has 86 valence electrons. The summed E-state index contributed by atoms with van der Waals surface area (Å²) in [5.41, 5.74) is 0. The van der Waals surface area contributed by atoms with Crippen LogP contribution in [0.1, 0.15) is 33.1 Å². The molecule has 3 nitrogen and oxygen atoms in total. The van der Waals surface area contributed by atoms with Gasteiger partial charge in [-0.25, -0.2) is 0 Å². The highest BCUT2D eigenvalue weighted by Gasteiger charge is 2.02. The van der Waals surface area contributed by atoms with Crippen molar-refractivity contribution in [3.05, 3.63) is 0 Å². The van der Waals surface area contributed by atoms with Gasteiger partial charge in [-0.05, 0) is 19.4 Å². The molecule has 0 unspecified atom stereocenters. The highest BCUT2D eigenvalue weighted by atomic mass is 16.5. The Bertz CT molecular complexity index is 109. The van der Waals surface area contributed by atoms with Crippen LogP contribution in [0.25, 0.3) is 0 Å². The van der Waals surface area contributed by atoms with Gasteiger partial charge in [-0.2, -0.15) is 0 Å². The molecule has 0 aromatic heterocycles. The Labute approximate surface area is 88.1 Å². The number of nitrogens with zero attached hydrogens (tertiary/aromatic N) is 1. The van der Waals surface area contributed by atoms with Crippen LogP contribution in [0.2, 0.25) is 0 Å². The van der Waals surface area contributed by atoms with Gasteiger partial charge < -0.3 is 9.84 Å². The van der Waals surface area contributed by atoms with Crippen LogP contribution >= 0.6 is 0 Å². The minimum absolute atomic E-state index is 0.248. The second-order valence-electron chi connectivity index (χ2n) is 3.53. The van der Waals surface area contributed by atoms with E-state index < -0.39 is 0 Å². The Morgan fingerprint density at radius 1 is 1.00 bits per heavy atom. The van der Waals surface area contributed by atoms with Crippen molar-refractivity contribution in [2.24, 2.45) is 0 Å². The number of hydrogen-bond donors (Lipinski definition) is 1. The van der Waals surface area contributed by atoms with Crippen LogP contribution in [0.5, 0.6) is 0 Å². The fraction of sp³-hybridized carbons (Fsp3) is 1.00. The van der Waals surface area contributed by atoms with Gasteiger partial charge in [0.15, 0.2) is 0 Å². The van der Waals surface area contributed by atoms with Crippen LogP contribution in [0.4, 0.5) is 0 Å². The smallest absolute Gasteiger partial charge is 0.0593 e. The van der Waals surface area contributed by atoms with Gasteiger partial charge >= 0.3 is 0 Å². The quantitative estimate of drug-likeness (QED) is 0.546. The van der Waals surface area contributed by atoms with E-state index in [-0.39, 0.29) is 6.61 Å². The van der Waals surface area contributed by atoms with Gasteiger partial charge in [0.05, 0.1) is 13.2 Å². The molecule has 0 aliphatic carbocycles. The van der Waals surface area contributed by atoms with Crippen LogP contribution in [-0.4, -0.2) is 49.5 Å². The maximum absolute atomic E-state index is 8.86. The summed E-state index contributed by atoms with van der Waals surface area (Å²) in [6.07, 6.45) is 3.49. The largest absolute Gasteiger partial charge is 0.395 e. The lowest BCUT2D eigenvalue weighted by molar-refractivity contribution is 0.0954. The SMILES string of the molecule is CCCCN(CCO)CCOCCC. The summed E-state index contributed by atoms with van der Waals surface area (Å²) in [4.78, 5) is 2.26. The second-order valence-corrected chi connectivity index (χ2v) is 3.53. The van der Waals surface area contributed by atoms with Crippen molar-refractivity contribution in [3.8, 4) is 0 Å².